The van der Waals surface area contributed by atoms with Crippen LogP contribution in [0.25, 0.3) is 11.4 Å². The molecule has 1 aliphatic rings. The third-order valence-corrected chi connectivity index (χ3v) is 5.57. The first-order valence-corrected chi connectivity index (χ1v) is 9.81. The number of nitrogens with one attached hydrogen (secondary N) is 1. The van der Waals surface area contributed by atoms with E-state index >= 15 is 0 Å². The number of aromatic amines is 1. The monoisotopic (exact) mass is 352 g/mol. The summed E-state index contributed by atoms with van der Waals surface area (Å²) < 4.78 is 0. The maximum atomic E-state index is 4.55. The summed E-state index contributed by atoms with van der Waals surface area (Å²) >= 11 is 1.86. The molecule has 0 bridgehead atoms. The number of aromatic nitrogens is 2. The van der Waals surface area contributed by atoms with E-state index in [2.05, 4.69) is 61.5 Å². The van der Waals surface area contributed by atoms with E-state index in [1.165, 1.54) is 23.5 Å². The zero-order valence-corrected chi connectivity index (χ0v) is 15.2. The molecule has 3 heterocycles. The van der Waals surface area contributed by atoms with Crippen LogP contribution in [-0.2, 0) is 13.1 Å². The minimum absolute atomic E-state index is 0.951. The van der Waals surface area contributed by atoms with Crippen molar-refractivity contribution in [2.45, 2.75) is 19.5 Å². The van der Waals surface area contributed by atoms with Crippen LogP contribution in [-0.4, -0.2) is 45.9 Å². The highest BCUT2D eigenvalue weighted by molar-refractivity contribution is 7.09. The average Bonchev–Trinajstić information content (AvgIpc) is 3.27. The van der Waals surface area contributed by atoms with Crippen molar-refractivity contribution in [3.63, 3.8) is 0 Å². The van der Waals surface area contributed by atoms with E-state index in [1.54, 1.807) is 0 Å². The van der Waals surface area contributed by atoms with Crippen molar-refractivity contribution in [2.24, 2.45) is 0 Å². The van der Waals surface area contributed by atoms with Gasteiger partial charge >= 0.3 is 0 Å². The molecule has 4 rings (SSSR count). The molecule has 0 radical (unpaired) electrons. The predicted molar refractivity (Wildman–Crippen MR) is 104 cm³/mol. The Hall–Kier alpha value is -1.95. The van der Waals surface area contributed by atoms with Crippen molar-refractivity contribution in [3.05, 3.63) is 64.6 Å². The van der Waals surface area contributed by atoms with Crippen molar-refractivity contribution in [2.75, 3.05) is 26.2 Å². The molecule has 130 valence electrons. The molecule has 1 aromatic carbocycles. The minimum atomic E-state index is 0.951. The van der Waals surface area contributed by atoms with Crippen molar-refractivity contribution in [3.8, 4) is 11.4 Å². The molecule has 1 aliphatic heterocycles. The van der Waals surface area contributed by atoms with Crippen LogP contribution >= 0.6 is 11.3 Å². The molecule has 0 aliphatic carbocycles. The maximum absolute atomic E-state index is 4.55. The lowest BCUT2D eigenvalue weighted by molar-refractivity contribution is 0.247. The molecule has 1 saturated heterocycles. The fraction of sp³-hybridized carbons (Fsp3) is 0.350. The van der Waals surface area contributed by atoms with Gasteiger partial charge in [0.05, 0.1) is 0 Å². The zero-order valence-electron chi connectivity index (χ0n) is 14.4. The summed E-state index contributed by atoms with van der Waals surface area (Å²) in [5, 5.41) is 2.17. The number of benzene rings is 1. The number of hydrogen-bond donors (Lipinski definition) is 1. The molecule has 0 atom stereocenters. The third-order valence-electron chi connectivity index (χ3n) is 4.71. The molecular weight excluding hydrogens is 328 g/mol. The molecule has 2 aromatic heterocycles. The van der Waals surface area contributed by atoms with Crippen molar-refractivity contribution in [1.29, 1.82) is 0 Å². The van der Waals surface area contributed by atoms with Crippen molar-refractivity contribution in [1.82, 2.24) is 19.8 Å². The number of hydrogen-bond acceptors (Lipinski definition) is 4. The lowest BCUT2D eigenvalue weighted by Gasteiger charge is -2.20. The second-order valence-electron chi connectivity index (χ2n) is 6.61. The van der Waals surface area contributed by atoms with Gasteiger partial charge in [0.2, 0.25) is 0 Å². The van der Waals surface area contributed by atoms with Crippen LogP contribution in [0.5, 0.6) is 0 Å². The normalized spacial score (nSPS) is 16.8. The number of H-pyrrole nitrogens is 1. The van der Waals surface area contributed by atoms with Crippen LogP contribution in [0.4, 0.5) is 0 Å². The maximum Gasteiger partial charge on any atom is 0.137 e. The Morgan fingerprint density at radius 3 is 2.48 bits per heavy atom. The van der Waals surface area contributed by atoms with Crippen LogP contribution in [0, 0.1) is 0 Å². The summed E-state index contributed by atoms with van der Waals surface area (Å²) in [4.78, 5) is 14.6. The second-order valence-corrected chi connectivity index (χ2v) is 7.64. The van der Waals surface area contributed by atoms with Gasteiger partial charge in [-0.05, 0) is 31.0 Å². The number of imidazole rings is 1. The Morgan fingerprint density at radius 1 is 0.920 bits per heavy atom. The smallest absolute Gasteiger partial charge is 0.137 e. The van der Waals surface area contributed by atoms with Crippen LogP contribution in [0.2, 0.25) is 0 Å². The molecule has 0 amide bonds. The average molecular weight is 353 g/mol. The molecule has 1 N–H and O–H groups in total. The SMILES string of the molecule is c1ccc(-c2ncc(CN3CCCN(Cc4cccs4)CC3)[nH]2)cc1. The lowest BCUT2D eigenvalue weighted by atomic mass is 10.2. The van der Waals surface area contributed by atoms with Gasteiger partial charge in [-0.1, -0.05) is 36.4 Å². The first kappa shape index (κ1) is 16.5. The van der Waals surface area contributed by atoms with Crippen molar-refractivity contribution >= 4 is 11.3 Å². The molecular formula is C20H24N4S. The second kappa shape index (κ2) is 7.95. The van der Waals surface area contributed by atoms with Gasteiger partial charge in [0.15, 0.2) is 0 Å². The van der Waals surface area contributed by atoms with E-state index in [1.807, 2.05) is 23.6 Å². The molecule has 25 heavy (non-hydrogen) atoms. The molecule has 4 nitrogen and oxygen atoms in total. The van der Waals surface area contributed by atoms with Gasteiger partial charge in [0.25, 0.3) is 0 Å². The van der Waals surface area contributed by atoms with Gasteiger partial charge in [-0.15, -0.1) is 11.3 Å². The minimum Gasteiger partial charge on any atom is -0.341 e. The Morgan fingerprint density at radius 2 is 1.72 bits per heavy atom. The highest BCUT2D eigenvalue weighted by atomic mass is 32.1. The van der Waals surface area contributed by atoms with Gasteiger partial charge < -0.3 is 4.98 Å². The lowest BCUT2D eigenvalue weighted by Crippen LogP contribution is -2.30. The van der Waals surface area contributed by atoms with Crippen LogP contribution in [0.15, 0.2) is 54.0 Å². The highest BCUT2D eigenvalue weighted by Crippen LogP contribution is 2.17. The molecule has 0 saturated carbocycles. The van der Waals surface area contributed by atoms with Crippen LogP contribution in [0.3, 0.4) is 0 Å². The molecule has 0 spiro atoms. The topological polar surface area (TPSA) is 35.2 Å². The van der Waals surface area contributed by atoms with Crippen LogP contribution < -0.4 is 0 Å². The summed E-state index contributed by atoms with van der Waals surface area (Å²) in [6, 6.07) is 14.7. The summed E-state index contributed by atoms with van der Waals surface area (Å²) in [5.74, 6) is 0.963. The standard InChI is InChI=1S/C20H24N4S/c1-2-6-17(7-3-1)20-21-14-18(22-20)15-23-9-5-10-24(12-11-23)16-19-8-4-13-25-19/h1-4,6-8,13-14H,5,9-12,15-16H2,(H,21,22). The fourth-order valence-corrected chi connectivity index (χ4v) is 4.13. The molecule has 1 fully saturated rings. The van der Waals surface area contributed by atoms with E-state index < -0.39 is 0 Å². The number of thiophene rings is 1. The Bertz CT molecular complexity index is 766. The van der Waals surface area contributed by atoms with E-state index in [0.717, 1.165) is 44.1 Å². The van der Waals surface area contributed by atoms with E-state index in [4.69, 9.17) is 0 Å². The number of nitrogens with zero attached hydrogens (tertiary/aromatic N) is 3. The van der Waals surface area contributed by atoms with Gasteiger partial charge in [-0.2, -0.15) is 0 Å². The molecule has 5 heteroatoms. The zero-order chi connectivity index (χ0) is 16.9. The molecule has 0 unspecified atom stereocenters. The Labute approximate surface area is 153 Å². The summed E-state index contributed by atoms with van der Waals surface area (Å²) in [6.07, 6.45) is 3.21. The van der Waals surface area contributed by atoms with Crippen LogP contribution in [0.1, 0.15) is 17.0 Å². The first-order chi connectivity index (χ1) is 12.4. The predicted octanol–water partition coefficient (Wildman–Crippen LogP) is 3.85. The summed E-state index contributed by atoms with van der Waals surface area (Å²) in [6.45, 7) is 6.64. The van der Waals surface area contributed by atoms with Crippen molar-refractivity contribution < 1.29 is 0 Å². The Kier molecular flexibility index (Phi) is 5.25. The Balaban J connectivity index is 1.33. The quantitative estimate of drug-likeness (QED) is 0.758. The number of rotatable bonds is 5. The van der Waals surface area contributed by atoms with Gasteiger partial charge in [-0.3, -0.25) is 9.80 Å². The first-order valence-electron chi connectivity index (χ1n) is 8.93. The van der Waals surface area contributed by atoms with E-state index in [9.17, 15) is 0 Å². The van der Waals surface area contributed by atoms with Gasteiger partial charge in [0, 0.05) is 48.5 Å². The highest BCUT2D eigenvalue weighted by Gasteiger charge is 2.16. The summed E-state index contributed by atoms with van der Waals surface area (Å²) in [5.41, 5.74) is 2.34. The summed E-state index contributed by atoms with van der Waals surface area (Å²) in [7, 11) is 0. The van der Waals surface area contributed by atoms with Gasteiger partial charge in [-0.25, -0.2) is 4.98 Å². The van der Waals surface area contributed by atoms with E-state index in [-0.39, 0.29) is 0 Å². The molecule has 3 aromatic rings. The largest absolute Gasteiger partial charge is 0.341 e. The van der Waals surface area contributed by atoms with Gasteiger partial charge in [0.1, 0.15) is 5.82 Å². The third kappa shape index (κ3) is 4.37. The fourth-order valence-electron chi connectivity index (χ4n) is 3.39. The van der Waals surface area contributed by atoms with E-state index in [0.29, 0.717) is 0 Å².